The van der Waals surface area contributed by atoms with E-state index in [0.29, 0.717) is 0 Å². The first-order valence-electron chi connectivity index (χ1n) is 27.4. The molecule has 3 nitrogen and oxygen atoms in total. The van der Waals surface area contributed by atoms with Gasteiger partial charge >= 0.3 is 0 Å². The van der Waals surface area contributed by atoms with Crippen molar-refractivity contribution in [3.05, 3.63) is 244 Å². The second-order valence-corrected chi connectivity index (χ2v) is 26.6. The van der Waals surface area contributed by atoms with Crippen molar-refractivity contribution in [2.45, 2.75) is 124 Å². The average Bonchev–Trinajstić information content (AvgIpc) is 3.85. The Hall–Kier alpha value is -7.14. The number of benzene rings is 9. The summed E-state index contributed by atoms with van der Waals surface area (Å²) in [5.41, 5.74) is 19.5. The minimum atomic E-state index is -0.470. The van der Waals surface area contributed by atoms with Crippen LogP contribution >= 0.6 is 15.9 Å². The van der Waals surface area contributed by atoms with Crippen LogP contribution in [0, 0.1) is 0 Å². The first-order valence-corrected chi connectivity index (χ1v) is 28.2. The molecule has 0 bridgehead atoms. The maximum atomic E-state index is 4.43. The van der Waals surface area contributed by atoms with Gasteiger partial charge in [0.15, 0.2) is 0 Å². The van der Waals surface area contributed by atoms with Crippen LogP contribution < -0.4 is 9.80 Å². The summed E-state index contributed by atoms with van der Waals surface area (Å²) in [6, 6.07) is 77.1. The van der Waals surface area contributed by atoms with Crippen molar-refractivity contribution in [2.24, 2.45) is 0 Å². The fourth-order valence-corrected chi connectivity index (χ4v) is 11.8. The molecule has 1 aromatic heterocycles. The summed E-state index contributed by atoms with van der Waals surface area (Å²) < 4.78 is 3.51. The highest BCUT2D eigenvalue weighted by molar-refractivity contribution is 9.10. The highest BCUT2D eigenvalue weighted by atomic mass is 79.9. The Kier molecular flexibility index (Phi) is 13.8. The molecule has 10 rings (SSSR count). The molecule has 0 aliphatic heterocycles. The molecule has 0 fully saturated rings. The van der Waals surface area contributed by atoms with Crippen molar-refractivity contribution >= 4 is 71.9 Å². The highest BCUT2D eigenvalue weighted by Gasteiger charge is 2.33. The molecule has 0 atom stereocenters. The largest absolute Gasteiger partial charge is 0.310 e. The predicted molar refractivity (Wildman–Crippen MR) is 337 cm³/mol. The third-order valence-corrected chi connectivity index (χ3v) is 16.6. The van der Waals surface area contributed by atoms with Crippen LogP contribution in [0.5, 0.6) is 0 Å². The van der Waals surface area contributed by atoms with Crippen LogP contribution in [0.2, 0.25) is 0 Å². The number of aromatic nitrogens is 1. The average molecular weight is 1080 g/mol. The van der Waals surface area contributed by atoms with Gasteiger partial charge in [-0.05, 0) is 168 Å². The molecule has 0 saturated carbocycles. The normalized spacial score (nSPS) is 12.6. The van der Waals surface area contributed by atoms with Crippen molar-refractivity contribution in [2.75, 3.05) is 9.80 Å². The Morgan fingerprint density at radius 2 is 0.844 bits per heavy atom. The summed E-state index contributed by atoms with van der Waals surface area (Å²) in [5, 5.41) is 2.49. The van der Waals surface area contributed by atoms with Crippen molar-refractivity contribution in [1.82, 2.24) is 4.57 Å². The van der Waals surface area contributed by atoms with E-state index in [1.165, 1.54) is 60.8 Å². The van der Waals surface area contributed by atoms with E-state index in [0.717, 1.165) is 49.8 Å². The molecule has 4 heteroatoms. The zero-order chi connectivity index (χ0) is 54.8. The summed E-state index contributed by atoms with van der Waals surface area (Å²) >= 11 is 4.43. The molecular formula is C73H76BrN3. The van der Waals surface area contributed by atoms with Crippen molar-refractivity contribution < 1.29 is 0 Å². The van der Waals surface area contributed by atoms with E-state index in [2.05, 4.69) is 333 Å². The molecule has 77 heavy (non-hydrogen) atoms. The standard InChI is InChI=1S/C73H76BrN3/c1-69(2,3)50-33-37-57(38-34-50)76(59-39-40-60-62-45-52(71(7,8)9)36-42-65(62)77(66(60)48-59)56-30-22-17-23-31-56)67-47-54(72(10,11)12)46-63(68(67)74)73(13,14)53-27-24-32-58(43-53)75(55-28-20-16-21-29-55)64-41-35-51(70(4,5)6)44-61(64)49-25-18-15-19-26-49/h15-48H,1-14H3. The second kappa shape index (κ2) is 20.0. The van der Waals surface area contributed by atoms with E-state index in [1.807, 2.05) is 0 Å². The quantitative estimate of drug-likeness (QED) is 0.135. The molecular weight excluding hydrogens is 999 g/mol. The number of halogens is 1. The van der Waals surface area contributed by atoms with Crippen molar-refractivity contribution in [1.29, 1.82) is 0 Å². The summed E-state index contributed by atoms with van der Waals surface area (Å²) in [6.45, 7) is 32.4. The summed E-state index contributed by atoms with van der Waals surface area (Å²) in [7, 11) is 0. The van der Waals surface area contributed by atoms with Gasteiger partial charge in [-0.25, -0.2) is 0 Å². The monoisotopic (exact) mass is 1070 g/mol. The second-order valence-electron chi connectivity index (χ2n) is 25.8. The molecule has 9 aromatic carbocycles. The van der Waals surface area contributed by atoms with Gasteiger partial charge in [-0.15, -0.1) is 0 Å². The number of hydrogen-bond acceptors (Lipinski definition) is 2. The smallest absolute Gasteiger partial charge is 0.0609 e. The molecule has 0 unspecified atom stereocenters. The summed E-state index contributed by atoms with van der Waals surface area (Å²) in [4.78, 5) is 4.93. The third kappa shape index (κ3) is 10.4. The van der Waals surface area contributed by atoms with Gasteiger partial charge in [-0.3, -0.25) is 0 Å². The Bertz CT molecular complexity index is 3740. The Morgan fingerprint density at radius 1 is 0.338 bits per heavy atom. The van der Waals surface area contributed by atoms with E-state index >= 15 is 0 Å². The minimum absolute atomic E-state index is 0.00164. The molecule has 0 N–H and O–H groups in total. The van der Waals surface area contributed by atoms with Gasteiger partial charge in [0.1, 0.15) is 0 Å². The van der Waals surface area contributed by atoms with Crippen LogP contribution in [-0.4, -0.2) is 4.57 Å². The van der Waals surface area contributed by atoms with Gasteiger partial charge in [-0.2, -0.15) is 0 Å². The van der Waals surface area contributed by atoms with E-state index < -0.39 is 5.41 Å². The van der Waals surface area contributed by atoms with Gasteiger partial charge in [0.25, 0.3) is 0 Å². The lowest BCUT2D eigenvalue weighted by atomic mass is 9.75. The Labute approximate surface area is 468 Å². The lowest BCUT2D eigenvalue weighted by Crippen LogP contribution is -2.24. The first-order chi connectivity index (χ1) is 36.4. The molecule has 0 amide bonds. The number of anilines is 6. The molecule has 390 valence electrons. The van der Waals surface area contributed by atoms with E-state index in [1.54, 1.807) is 0 Å². The number of hydrogen-bond donors (Lipinski definition) is 0. The van der Waals surface area contributed by atoms with Gasteiger partial charge in [0.2, 0.25) is 0 Å². The Balaban J connectivity index is 1.19. The van der Waals surface area contributed by atoms with Crippen molar-refractivity contribution in [3.63, 3.8) is 0 Å². The van der Waals surface area contributed by atoms with E-state index in [4.69, 9.17) is 0 Å². The van der Waals surface area contributed by atoms with E-state index in [-0.39, 0.29) is 21.7 Å². The molecule has 0 saturated heterocycles. The lowest BCUT2D eigenvalue weighted by molar-refractivity contribution is 0.581. The number of fused-ring (bicyclic) bond motifs is 3. The van der Waals surface area contributed by atoms with Crippen LogP contribution in [-0.2, 0) is 27.1 Å². The van der Waals surface area contributed by atoms with Crippen LogP contribution in [0.1, 0.15) is 130 Å². The van der Waals surface area contributed by atoms with Gasteiger partial charge in [0, 0.05) is 54.7 Å². The third-order valence-electron chi connectivity index (χ3n) is 15.7. The number of nitrogens with zero attached hydrogens (tertiary/aromatic N) is 3. The first kappa shape index (κ1) is 53.3. The predicted octanol–water partition coefficient (Wildman–Crippen LogP) is 21.7. The SMILES string of the molecule is CC(C)(C)c1ccc(N(c2ccc3c4cc(C(C)(C)C)ccc4n(-c4ccccc4)c3c2)c2cc(C(C)(C)C)cc(C(C)(C)c3cccc(N(c4ccccc4)c4ccc(C(C)(C)C)cc4-c4ccccc4)c3)c2Br)cc1. The van der Waals surface area contributed by atoms with Crippen LogP contribution in [0.4, 0.5) is 34.1 Å². The van der Waals surface area contributed by atoms with Crippen molar-refractivity contribution in [3.8, 4) is 16.8 Å². The summed E-state index contributed by atoms with van der Waals surface area (Å²) in [6.07, 6.45) is 0. The Morgan fingerprint density at radius 3 is 1.47 bits per heavy atom. The highest BCUT2D eigenvalue weighted by Crippen LogP contribution is 2.50. The van der Waals surface area contributed by atoms with Crippen LogP contribution in [0.25, 0.3) is 38.6 Å². The van der Waals surface area contributed by atoms with Crippen LogP contribution in [0.3, 0.4) is 0 Å². The van der Waals surface area contributed by atoms with Crippen LogP contribution in [0.15, 0.2) is 211 Å². The number of para-hydroxylation sites is 2. The summed E-state index contributed by atoms with van der Waals surface area (Å²) in [5.74, 6) is 0. The maximum Gasteiger partial charge on any atom is 0.0609 e. The molecule has 0 spiro atoms. The van der Waals surface area contributed by atoms with Gasteiger partial charge < -0.3 is 14.4 Å². The molecule has 0 radical (unpaired) electrons. The topological polar surface area (TPSA) is 11.4 Å². The van der Waals surface area contributed by atoms with Gasteiger partial charge in [-0.1, -0.05) is 212 Å². The maximum absolute atomic E-state index is 4.43. The number of rotatable bonds is 10. The molecule has 0 aliphatic rings. The van der Waals surface area contributed by atoms with E-state index in [9.17, 15) is 0 Å². The fraction of sp³-hybridized carbons (Fsp3) is 0.260. The lowest BCUT2D eigenvalue weighted by Gasteiger charge is -2.35. The molecule has 0 aliphatic carbocycles. The van der Waals surface area contributed by atoms with Gasteiger partial charge in [0.05, 0.1) is 22.4 Å². The molecule has 1 heterocycles. The molecule has 10 aromatic rings. The minimum Gasteiger partial charge on any atom is -0.310 e. The zero-order valence-corrected chi connectivity index (χ0v) is 49.4. The fourth-order valence-electron chi connectivity index (χ4n) is 10.9. The zero-order valence-electron chi connectivity index (χ0n) is 47.8.